The Morgan fingerprint density at radius 2 is 1.70 bits per heavy atom. The number of piperazine rings is 1. The van der Waals surface area contributed by atoms with Crippen LogP contribution in [0, 0.1) is 0 Å². The third-order valence-electron chi connectivity index (χ3n) is 4.79. The van der Waals surface area contributed by atoms with Gasteiger partial charge in [0.05, 0.1) is 19.1 Å². The monoisotopic (exact) mass is 368 g/mol. The molecule has 0 bridgehead atoms. The number of benzene rings is 2. The van der Waals surface area contributed by atoms with Crippen LogP contribution in [0.15, 0.2) is 48.5 Å². The summed E-state index contributed by atoms with van der Waals surface area (Å²) in [6.45, 7) is 3.62. The van der Waals surface area contributed by atoms with E-state index in [9.17, 15) is 9.59 Å². The Hall–Kier alpha value is -2.86. The van der Waals surface area contributed by atoms with Crippen LogP contribution in [0.2, 0.25) is 0 Å². The van der Waals surface area contributed by atoms with Crippen molar-refractivity contribution in [3.8, 4) is 5.75 Å². The van der Waals surface area contributed by atoms with Crippen molar-refractivity contribution in [2.45, 2.75) is 13.0 Å². The van der Waals surface area contributed by atoms with Crippen molar-refractivity contribution < 1.29 is 19.4 Å². The minimum Gasteiger partial charge on any atom is -0.497 e. The van der Waals surface area contributed by atoms with Gasteiger partial charge in [-0.1, -0.05) is 24.3 Å². The standard InChI is InChI=1S/C21H24N2O4/c1-27-19-7-3-4-16(13-19)14-20(24)23-10-8-22(9-11-23)15-17-5-2-6-18(12-17)21(25)26/h2-7,12-13H,8-11,14-15H2,1H3,(H,25,26). The smallest absolute Gasteiger partial charge is 0.335 e. The van der Waals surface area contributed by atoms with E-state index in [0.717, 1.165) is 30.0 Å². The van der Waals surface area contributed by atoms with Gasteiger partial charge >= 0.3 is 5.97 Å². The number of hydrogen-bond donors (Lipinski definition) is 1. The van der Waals surface area contributed by atoms with Gasteiger partial charge in [0.25, 0.3) is 0 Å². The maximum absolute atomic E-state index is 12.6. The third-order valence-corrected chi connectivity index (χ3v) is 4.79. The SMILES string of the molecule is COc1cccc(CC(=O)N2CCN(Cc3cccc(C(=O)O)c3)CC2)c1. The fourth-order valence-corrected chi connectivity index (χ4v) is 3.29. The molecular formula is C21H24N2O4. The number of hydrogen-bond acceptors (Lipinski definition) is 4. The van der Waals surface area contributed by atoms with E-state index in [0.29, 0.717) is 31.6 Å². The molecule has 6 nitrogen and oxygen atoms in total. The van der Waals surface area contributed by atoms with Crippen LogP contribution in [0.1, 0.15) is 21.5 Å². The van der Waals surface area contributed by atoms with Gasteiger partial charge in [-0.2, -0.15) is 0 Å². The molecule has 0 spiro atoms. The van der Waals surface area contributed by atoms with E-state index in [1.807, 2.05) is 35.2 Å². The van der Waals surface area contributed by atoms with Crippen molar-refractivity contribution in [2.75, 3.05) is 33.3 Å². The van der Waals surface area contributed by atoms with Crippen molar-refractivity contribution >= 4 is 11.9 Å². The summed E-state index contributed by atoms with van der Waals surface area (Å²) in [6, 6.07) is 14.6. The molecule has 0 unspecified atom stereocenters. The first kappa shape index (κ1) is 18.9. The van der Waals surface area contributed by atoms with Crippen LogP contribution >= 0.6 is 0 Å². The Bertz CT molecular complexity index is 813. The Morgan fingerprint density at radius 3 is 2.41 bits per heavy atom. The van der Waals surface area contributed by atoms with E-state index in [1.54, 1.807) is 25.3 Å². The fourth-order valence-electron chi connectivity index (χ4n) is 3.29. The molecule has 1 aliphatic heterocycles. The van der Waals surface area contributed by atoms with Gasteiger partial charge in [-0.05, 0) is 35.4 Å². The van der Waals surface area contributed by atoms with Crippen molar-refractivity contribution in [3.63, 3.8) is 0 Å². The molecule has 142 valence electrons. The van der Waals surface area contributed by atoms with Gasteiger partial charge in [0, 0.05) is 32.7 Å². The maximum Gasteiger partial charge on any atom is 0.335 e. The molecule has 3 rings (SSSR count). The zero-order valence-corrected chi connectivity index (χ0v) is 15.4. The molecule has 0 radical (unpaired) electrons. The van der Waals surface area contributed by atoms with Gasteiger partial charge in [0.2, 0.25) is 5.91 Å². The van der Waals surface area contributed by atoms with E-state index in [2.05, 4.69) is 4.90 Å². The lowest BCUT2D eigenvalue weighted by Gasteiger charge is -2.35. The average Bonchev–Trinajstić information content (AvgIpc) is 2.69. The molecule has 1 N–H and O–H groups in total. The van der Waals surface area contributed by atoms with Gasteiger partial charge in [0.15, 0.2) is 0 Å². The number of nitrogens with zero attached hydrogens (tertiary/aromatic N) is 2. The van der Waals surface area contributed by atoms with E-state index >= 15 is 0 Å². The molecule has 0 saturated carbocycles. The Morgan fingerprint density at radius 1 is 1.00 bits per heavy atom. The zero-order valence-electron chi connectivity index (χ0n) is 15.4. The molecule has 0 aliphatic carbocycles. The Labute approximate surface area is 159 Å². The fraction of sp³-hybridized carbons (Fsp3) is 0.333. The predicted molar refractivity (Wildman–Crippen MR) is 102 cm³/mol. The quantitative estimate of drug-likeness (QED) is 0.847. The van der Waals surface area contributed by atoms with E-state index in [1.165, 1.54) is 0 Å². The molecule has 6 heteroatoms. The first-order valence-corrected chi connectivity index (χ1v) is 9.00. The summed E-state index contributed by atoms with van der Waals surface area (Å²) in [5, 5.41) is 9.10. The van der Waals surface area contributed by atoms with Crippen molar-refractivity contribution in [3.05, 3.63) is 65.2 Å². The minimum absolute atomic E-state index is 0.121. The number of ether oxygens (including phenoxy) is 1. The highest BCUT2D eigenvalue weighted by Crippen LogP contribution is 2.15. The summed E-state index contributed by atoms with van der Waals surface area (Å²) in [4.78, 5) is 27.8. The van der Waals surface area contributed by atoms with Crippen LogP contribution in [0.25, 0.3) is 0 Å². The van der Waals surface area contributed by atoms with E-state index < -0.39 is 5.97 Å². The molecule has 0 aromatic heterocycles. The highest BCUT2D eigenvalue weighted by atomic mass is 16.5. The number of carbonyl (C=O) groups excluding carboxylic acids is 1. The van der Waals surface area contributed by atoms with Gasteiger partial charge < -0.3 is 14.7 Å². The second-order valence-electron chi connectivity index (χ2n) is 6.69. The largest absolute Gasteiger partial charge is 0.497 e. The summed E-state index contributed by atoms with van der Waals surface area (Å²) in [5.74, 6) is -0.0331. The molecule has 2 aromatic rings. The maximum atomic E-state index is 12.6. The highest BCUT2D eigenvalue weighted by molar-refractivity contribution is 5.87. The number of methoxy groups -OCH3 is 1. The first-order valence-electron chi connectivity index (χ1n) is 9.00. The molecule has 1 amide bonds. The number of carboxylic acids is 1. The van der Waals surface area contributed by atoms with Gasteiger partial charge in [0.1, 0.15) is 5.75 Å². The lowest BCUT2D eigenvalue weighted by molar-refractivity contribution is -0.132. The molecular weight excluding hydrogens is 344 g/mol. The highest BCUT2D eigenvalue weighted by Gasteiger charge is 2.21. The number of carbonyl (C=O) groups is 2. The Balaban J connectivity index is 1.51. The van der Waals surface area contributed by atoms with Gasteiger partial charge in [-0.25, -0.2) is 4.79 Å². The molecule has 1 heterocycles. The molecule has 1 aliphatic rings. The third kappa shape index (κ3) is 5.08. The molecule has 0 atom stereocenters. The van der Waals surface area contributed by atoms with Crippen LogP contribution in [0.5, 0.6) is 5.75 Å². The van der Waals surface area contributed by atoms with E-state index in [4.69, 9.17) is 9.84 Å². The number of rotatable bonds is 6. The van der Waals surface area contributed by atoms with Crippen molar-refractivity contribution in [1.29, 1.82) is 0 Å². The summed E-state index contributed by atoms with van der Waals surface area (Å²) >= 11 is 0. The molecule has 2 aromatic carbocycles. The second-order valence-corrected chi connectivity index (χ2v) is 6.69. The number of aromatic carboxylic acids is 1. The van der Waals surface area contributed by atoms with Crippen molar-refractivity contribution in [1.82, 2.24) is 9.80 Å². The van der Waals surface area contributed by atoms with Crippen LogP contribution < -0.4 is 4.74 Å². The minimum atomic E-state index is -0.912. The normalized spacial score (nSPS) is 14.8. The lowest BCUT2D eigenvalue weighted by Crippen LogP contribution is -2.48. The van der Waals surface area contributed by atoms with E-state index in [-0.39, 0.29) is 5.91 Å². The summed E-state index contributed by atoms with van der Waals surface area (Å²) in [5.41, 5.74) is 2.23. The second kappa shape index (κ2) is 8.68. The average molecular weight is 368 g/mol. The topological polar surface area (TPSA) is 70.1 Å². The van der Waals surface area contributed by atoms with Gasteiger partial charge in [-0.15, -0.1) is 0 Å². The van der Waals surface area contributed by atoms with Crippen LogP contribution in [0.3, 0.4) is 0 Å². The van der Waals surface area contributed by atoms with Crippen LogP contribution in [-0.4, -0.2) is 60.1 Å². The molecule has 27 heavy (non-hydrogen) atoms. The molecule has 1 saturated heterocycles. The summed E-state index contributed by atoms with van der Waals surface area (Å²) in [6.07, 6.45) is 0.373. The number of amides is 1. The van der Waals surface area contributed by atoms with Crippen LogP contribution in [0.4, 0.5) is 0 Å². The summed E-state index contributed by atoms with van der Waals surface area (Å²) in [7, 11) is 1.62. The first-order chi connectivity index (χ1) is 13.0. The molecule has 1 fully saturated rings. The van der Waals surface area contributed by atoms with Crippen LogP contribution in [-0.2, 0) is 17.8 Å². The zero-order chi connectivity index (χ0) is 19.2. The predicted octanol–water partition coefficient (Wildman–Crippen LogP) is 2.28. The van der Waals surface area contributed by atoms with Crippen molar-refractivity contribution in [2.24, 2.45) is 0 Å². The Kier molecular flexibility index (Phi) is 6.08. The van der Waals surface area contributed by atoms with Gasteiger partial charge in [-0.3, -0.25) is 9.69 Å². The number of carboxylic acid groups (broad SMARTS) is 1. The lowest BCUT2D eigenvalue weighted by atomic mass is 10.1. The summed E-state index contributed by atoms with van der Waals surface area (Å²) < 4.78 is 5.21.